The first-order valence-corrected chi connectivity index (χ1v) is 10.9. The Kier molecular flexibility index (Phi) is 4.25. The maximum Gasteiger partial charge on any atom is 0.152 e. The van der Waals surface area contributed by atoms with Gasteiger partial charge in [0.15, 0.2) is 11.5 Å². The Morgan fingerprint density at radius 3 is 1.74 bits per heavy atom. The number of hydrogen-bond acceptors (Lipinski definition) is 5. The van der Waals surface area contributed by atoms with Gasteiger partial charge in [0.05, 0.1) is 22.8 Å². The predicted octanol–water partition coefficient (Wildman–Crippen LogP) is 7.45. The summed E-state index contributed by atoms with van der Waals surface area (Å²) >= 11 is 1.70. The molecule has 2 aromatic carbocycles. The molecule has 0 atom stereocenters. The van der Waals surface area contributed by atoms with Crippen molar-refractivity contribution in [3.8, 4) is 34.0 Å². The number of rotatable bonds is 3. The van der Waals surface area contributed by atoms with Crippen molar-refractivity contribution in [1.29, 1.82) is 0 Å². The van der Waals surface area contributed by atoms with E-state index < -0.39 is 0 Å². The summed E-state index contributed by atoms with van der Waals surface area (Å²) in [4.78, 5) is 11.2. The summed E-state index contributed by atoms with van der Waals surface area (Å²) in [6.07, 6.45) is 3.62. The van der Waals surface area contributed by atoms with Gasteiger partial charge >= 0.3 is 0 Å². The van der Waals surface area contributed by atoms with Gasteiger partial charge in [0, 0.05) is 23.5 Å². The van der Waals surface area contributed by atoms with E-state index in [4.69, 9.17) is 4.74 Å². The molecule has 1 aliphatic heterocycles. The fraction of sp³-hybridized carbons (Fsp3) is 0. The zero-order chi connectivity index (χ0) is 20.6. The van der Waals surface area contributed by atoms with E-state index in [-0.39, 0.29) is 0 Å². The molecule has 5 aromatic rings. The fourth-order valence-electron chi connectivity index (χ4n) is 3.83. The van der Waals surface area contributed by atoms with Crippen LogP contribution in [0.2, 0.25) is 0 Å². The van der Waals surface area contributed by atoms with Gasteiger partial charge in [-0.05, 0) is 66.0 Å². The standard InChI is InChI=1S/C26H17N3OS/c1-3-13-27-20(6-1)18-9-11-22-24(16-18)30-25-17-19(21-7-2-4-14-28-21)10-12-23(25)29(22)26-8-5-15-31-26/h1-17H. The van der Waals surface area contributed by atoms with Gasteiger partial charge in [0.1, 0.15) is 5.00 Å². The van der Waals surface area contributed by atoms with Crippen LogP contribution in [0.25, 0.3) is 22.5 Å². The van der Waals surface area contributed by atoms with Crippen LogP contribution in [0.4, 0.5) is 16.4 Å². The summed E-state index contributed by atoms with van der Waals surface area (Å²) in [5.74, 6) is 1.62. The van der Waals surface area contributed by atoms with E-state index >= 15 is 0 Å². The zero-order valence-electron chi connectivity index (χ0n) is 16.5. The number of benzene rings is 2. The van der Waals surface area contributed by atoms with Crippen LogP contribution in [-0.2, 0) is 0 Å². The number of hydrogen-bond donors (Lipinski definition) is 0. The number of anilines is 3. The van der Waals surface area contributed by atoms with Crippen molar-refractivity contribution in [2.75, 3.05) is 4.90 Å². The van der Waals surface area contributed by atoms with Crippen LogP contribution < -0.4 is 9.64 Å². The summed E-state index contributed by atoms with van der Waals surface area (Å²) < 4.78 is 6.44. The lowest BCUT2D eigenvalue weighted by molar-refractivity contribution is 0.477. The summed E-state index contributed by atoms with van der Waals surface area (Å²) in [5.41, 5.74) is 5.92. The molecule has 4 nitrogen and oxygen atoms in total. The molecule has 0 spiro atoms. The second-order valence-electron chi connectivity index (χ2n) is 7.18. The van der Waals surface area contributed by atoms with Crippen molar-refractivity contribution < 1.29 is 4.74 Å². The highest BCUT2D eigenvalue weighted by molar-refractivity contribution is 7.14. The van der Waals surface area contributed by atoms with E-state index in [2.05, 4.69) is 68.8 Å². The molecule has 3 aromatic heterocycles. The van der Waals surface area contributed by atoms with E-state index in [9.17, 15) is 0 Å². The van der Waals surface area contributed by atoms with Crippen LogP contribution in [0, 0.1) is 0 Å². The van der Waals surface area contributed by atoms with Crippen molar-refractivity contribution >= 4 is 27.7 Å². The van der Waals surface area contributed by atoms with E-state index in [1.807, 2.05) is 48.8 Å². The molecule has 0 radical (unpaired) electrons. The molecule has 0 fully saturated rings. The molecule has 0 saturated heterocycles. The van der Waals surface area contributed by atoms with Crippen molar-refractivity contribution in [1.82, 2.24) is 9.97 Å². The Balaban J connectivity index is 1.51. The molecular weight excluding hydrogens is 402 g/mol. The molecule has 148 valence electrons. The molecule has 6 rings (SSSR count). The molecule has 4 heterocycles. The van der Waals surface area contributed by atoms with Crippen molar-refractivity contribution in [2.45, 2.75) is 0 Å². The van der Waals surface area contributed by atoms with Gasteiger partial charge < -0.3 is 4.74 Å². The monoisotopic (exact) mass is 419 g/mol. The third-order valence-corrected chi connectivity index (χ3v) is 6.12. The topological polar surface area (TPSA) is 38.2 Å². The zero-order valence-corrected chi connectivity index (χ0v) is 17.3. The highest BCUT2D eigenvalue weighted by Crippen LogP contribution is 2.52. The van der Waals surface area contributed by atoms with Crippen LogP contribution in [0.5, 0.6) is 11.5 Å². The van der Waals surface area contributed by atoms with Crippen LogP contribution in [0.1, 0.15) is 0 Å². The average molecular weight is 420 g/mol. The van der Waals surface area contributed by atoms with Crippen molar-refractivity contribution in [3.05, 3.63) is 103 Å². The Morgan fingerprint density at radius 1 is 0.645 bits per heavy atom. The minimum atomic E-state index is 0.808. The van der Waals surface area contributed by atoms with E-state index in [0.29, 0.717) is 0 Å². The SMILES string of the molecule is c1ccc(-c2ccc3c(c2)Oc2cc(-c4ccccn4)ccc2N3c2cccs2)nc1. The lowest BCUT2D eigenvalue weighted by atomic mass is 10.1. The molecule has 0 unspecified atom stereocenters. The molecular formula is C26H17N3OS. The molecule has 0 N–H and O–H groups in total. The molecule has 0 bridgehead atoms. The smallest absolute Gasteiger partial charge is 0.152 e. The normalized spacial score (nSPS) is 12.1. The van der Waals surface area contributed by atoms with Crippen LogP contribution >= 0.6 is 11.3 Å². The third-order valence-electron chi connectivity index (χ3n) is 5.27. The maximum absolute atomic E-state index is 6.44. The Labute approximate surface area is 184 Å². The average Bonchev–Trinajstić information content (AvgIpc) is 3.37. The number of nitrogens with zero attached hydrogens (tertiary/aromatic N) is 3. The molecule has 31 heavy (non-hydrogen) atoms. The third kappa shape index (κ3) is 3.16. The van der Waals surface area contributed by atoms with Gasteiger partial charge in [-0.15, -0.1) is 11.3 Å². The highest BCUT2D eigenvalue weighted by atomic mass is 32.1. The predicted molar refractivity (Wildman–Crippen MR) is 126 cm³/mol. The van der Waals surface area contributed by atoms with Gasteiger partial charge in [-0.2, -0.15) is 0 Å². The Hall–Kier alpha value is -3.96. The largest absolute Gasteiger partial charge is 0.453 e. The number of pyridine rings is 2. The van der Waals surface area contributed by atoms with Crippen LogP contribution in [-0.4, -0.2) is 9.97 Å². The molecule has 0 saturated carbocycles. The minimum Gasteiger partial charge on any atom is -0.453 e. The summed E-state index contributed by atoms with van der Waals surface area (Å²) in [6.45, 7) is 0. The first-order valence-electron chi connectivity index (χ1n) is 9.99. The van der Waals surface area contributed by atoms with Crippen molar-refractivity contribution in [3.63, 3.8) is 0 Å². The second-order valence-corrected chi connectivity index (χ2v) is 8.11. The minimum absolute atomic E-state index is 0.808. The summed E-state index contributed by atoms with van der Waals surface area (Å²) in [5, 5.41) is 3.23. The number of thiophene rings is 1. The number of fused-ring (bicyclic) bond motifs is 2. The van der Waals surface area contributed by atoms with Crippen molar-refractivity contribution in [2.24, 2.45) is 0 Å². The van der Waals surface area contributed by atoms with E-state index in [0.717, 1.165) is 50.4 Å². The second kappa shape index (κ2) is 7.38. The number of aromatic nitrogens is 2. The maximum atomic E-state index is 6.44. The summed E-state index contributed by atoms with van der Waals surface area (Å²) in [7, 11) is 0. The molecule has 0 aliphatic carbocycles. The molecule has 5 heteroatoms. The van der Waals surface area contributed by atoms with E-state index in [1.165, 1.54) is 0 Å². The van der Waals surface area contributed by atoms with Gasteiger partial charge in [-0.25, -0.2) is 0 Å². The fourth-order valence-corrected chi connectivity index (χ4v) is 4.59. The Bertz CT molecular complexity index is 1260. The van der Waals surface area contributed by atoms with Crippen LogP contribution in [0.15, 0.2) is 103 Å². The number of ether oxygens (including phenoxy) is 1. The quantitative estimate of drug-likeness (QED) is 0.299. The molecule has 0 amide bonds. The van der Waals surface area contributed by atoms with Gasteiger partial charge in [0.25, 0.3) is 0 Å². The van der Waals surface area contributed by atoms with Gasteiger partial charge in [-0.3, -0.25) is 14.9 Å². The van der Waals surface area contributed by atoms with Crippen LogP contribution in [0.3, 0.4) is 0 Å². The highest BCUT2D eigenvalue weighted by Gasteiger charge is 2.27. The Morgan fingerprint density at radius 2 is 1.26 bits per heavy atom. The van der Waals surface area contributed by atoms with Gasteiger partial charge in [-0.1, -0.05) is 24.3 Å². The molecule has 1 aliphatic rings. The first kappa shape index (κ1) is 17.9. The van der Waals surface area contributed by atoms with Gasteiger partial charge in [0.2, 0.25) is 0 Å². The van der Waals surface area contributed by atoms with E-state index in [1.54, 1.807) is 11.3 Å². The lowest BCUT2D eigenvalue weighted by Gasteiger charge is -2.32. The lowest BCUT2D eigenvalue weighted by Crippen LogP contribution is -2.15. The first-order chi connectivity index (χ1) is 15.4. The summed E-state index contributed by atoms with van der Waals surface area (Å²) in [6, 6.07) is 28.6.